The number of benzene rings is 1. The molecule has 17 heavy (non-hydrogen) atoms. The van der Waals surface area contributed by atoms with E-state index in [-0.39, 0.29) is 12.2 Å². The summed E-state index contributed by atoms with van der Waals surface area (Å²) in [5.74, 6) is -0.106. The van der Waals surface area contributed by atoms with Crippen LogP contribution in [0, 0.1) is 0 Å². The van der Waals surface area contributed by atoms with Crippen molar-refractivity contribution >= 4 is 23.1 Å². The van der Waals surface area contributed by atoms with Crippen LogP contribution in [0.2, 0.25) is 5.02 Å². The highest BCUT2D eigenvalue weighted by Crippen LogP contribution is 2.15. The Hall–Kier alpha value is -1.87. The third-order valence-corrected chi connectivity index (χ3v) is 2.59. The molecule has 2 N–H and O–H groups in total. The minimum absolute atomic E-state index is 0.106. The molecule has 3 nitrogen and oxygen atoms in total. The fourth-order valence-corrected chi connectivity index (χ4v) is 1.78. The van der Waals surface area contributed by atoms with Crippen LogP contribution in [-0.4, -0.2) is 10.8 Å². The number of carbonyl (C=O) groups excluding carboxylic acids is 1. The number of hydrogen-bond donors (Lipinski definition) is 1. The molecule has 0 bridgehead atoms. The Balaban J connectivity index is 2.20. The number of anilines is 1. The van der Waals surface area contributed by atoms with Gasteiger partial charge in [0.1, 0.15) is 5.69 Å². The van der Waals surface area contributed by atoms with E-state index < -0.39 is 0 Å². The van der Waals surface area contributed by atoms with E-state index in [2.05, 4.69) is 4.98 Å². The van der Waals surface area contributed by atoms with E-state index in [1.807, 2.05) is 12.1 Å². The van der Waals surface area contributed by atoms with Crippen molar-refractivity contribution < 1.29 is 4.79 Å². The van der Waals surface area contributed by atoms with Gasteiger partial charge in [-0.3, -0.25) is 9.78 Å². The molecule has 0 aliphatic rings. The van der Waals surface area contributed by atoms with Crippen LogP contribution in [-0.2, 0) is 6.42 Å². The normalized spacial score (nSPS) is 10.2. The summed E-state index contributed by atoms with van der Waals surface area (Å²) in [6, 6.07) is 10.6. The Morgan fingerprint density at radius 3 is 2.82 bits per heavy atom. The van der Waals surface area contributed by atoms with E-state index in [9.17, 15) is 4.79 Å². The predicted octanol–water partition coefficient (Wildman–Crippen LogP) is 2.74. The number of nitrogens with two attached hydrogens (primary N) is 1. The summed E-state index contributed by atoms with van der Waals surface area (Å²) < 4.78 is 0. The van der Waals surface area contributed by atoms with Crippen molar-refractivity contribution in [3.8, 4) is 0 Å². The SMILES string of the molecule is Nc1cccnc1C(=O)Cc1cccc(Cl)c1. The van der Waals surface area contributed by atoms with Crippen LogP contribution in [0.4, 0.5) is 5.69 Å². The van der Waals surface area contributed by atoms with Gasteiger partial charge in [-0.2, -0.15) is 0 Å². The smallest absolute Gasteiger partial charge is 0.187 e. The number of carbonyl (C=O) groups is 1. The number of nitrogen functional groups attached to an aromatic ring is 1. The van der Waals surface area contributed by atoms with Gasteiger partial charge < -0.3 is 5.73 Å². The molecule has 0 aliphatic heterocycles. The summed E-state index contributed by atoms with van der Waals surface area (Å²) in [5, 5.41) is 0.615. The highest BCUT2D eigenvalue weighted by molar-refractivity contribution is 6.30. The average Bonchev–Trinajstić information content (AvgIpc) is 2.29. The first-order valence-corrected chi connectivity index (χ1v) is 5.53. The molecule has 2 aromatic rings. The number of rotatable bonds is 3. The second-order valence-corrected chi connectivity index (χ2v) is 4.11. The van der Waals surface area contributed by atoms with Crippen molar-refractivity contribution in [1.82, 2.24) is 4.98 Å². The van der Waals surface area contributed by atoms with Gasteiger partial charge in [-0.25, -0.2) is 0 Å². The number of ketones is 1. The quantitative estimate of drug-likeness (QED) is 0.848. The molecular weight excluding hydrogens is 236 g/mol. The van der Waals surface area contributed by atoms with Gasteiger partial charge in [0.15, 0.2) is 5.78 Å². The Labute approximate surface area is 104 Å². The molecular formula is C13H11ClN2O. The number of aromatic nitrogens is 1. The average molecular weight is 247 g/mol. The number of Topliss-reactive ketones (excluding diaryl/α,β-unsaturated/α-hetero) is 1. The van der Waals surface area contributed by atoms with Crippen molar-refractivity contribution in [3.05, 3.63) is 58.9 Å². The third-order valence-electron chi connectivity index (χ3n) is 2.36. The lowest BCUT2D eigenvalue weighted by Crippen LogP contribution is -2.09. The van der Waals surface area contributed by atoms with Crippen LogP contribution in [0.5, 0.6) is 0 Å². The molecule has 0 radical (unpaired) electrons. The van der Waals surface area contributed by atoms with Gasteiger partial charge in [-0.1, -0.05) is 23.7 Å². The molecule has 0 spiro atoms. The number of nitrogens with zero attached hydrogens (tertiary/aromatic N) is 1. The fraction of sp³-hybridized carbons (Fsp3) is 0.0769. The molecule has 1 heterocycles. The van der Waals surface area contributed by atoms with Crippen molar-refractivity contribution in [2.24, 2.45) is 0 Å². The maximum Gasteiger partial charge on any atom is 0.187 e. The fourth-order valence-electron chi connectivity index (χ4n) is 1.57. The van der Waals surface area contributed by atoms with E-state index in [1.165, 1.54) is 0 Å². The van der Waals surface area contributed by atoms with Gasteiger partial charge in [0.25, 0.3) is 0 Å². The predicted molar refractivity (Wildman–Crippen MR) is 68.1 cm³/mol. The van der Waals surface area contributed by atoms with Crippen LogP contribution in [0.25, 0.3) is 0 Å². The minimum atomic E-state index is -0.106. The monoisotopic (exact) mass is 246 g/mol. The lowest BCUT2D eigenvalue weighted by molar-refractivity contribution is 0.0989. The first-order valence-electron chi connectivity index (χ1n) is 5.15. The number of pyridine rings is 1. The van der Waals surface area contributed by atoms with Gasteiger partial charge in [0.05, 0.1) is 5.69 Å². The molecule has 0 fully saturated rings. The summed E-state index contributed by atoms with van der Waals surface area (Å²) in [6.07, 6.45) is 1.81. The van der Waals surface area contributed by atoms with Gasteiger partial charge in [-0.05, 0) is 29.8 Å². The van der Waals surface area contributed by atoms with E-state index >= 15 is 0 Å². The van der Waals surface area contributed by atoms with Crippen molar-refractivity contribution in [2.75, 3.05) is 5.73 Å². The van der Waals surface area contributed by atoms with Crippen LogP contribution < -0.4 is 5.73 Å². The largest absolute Gasteiger partial charge is 0.397 e. The molecule has 0 amide bonds. The molecule has 0 saturated carbocycles. The molecule has 0 aliphatic carbocycles. The van der Waals surface area contributed by atoms with Crippen LogP contribution in [0.1, 0.15) is 16.1 Å². The van der Waals surface area contributed by atoms with Gasteiger partial charge in [0, 0.05) is 17.6 Å². The first-order chi connectivity index (χ1) is 8.16. The van der Waals surface area contributed by atoms with E-state index in [0.717, 1.165) is 5.56 Å². The molecule has 0 atom stereocenters. The highest BCUT2D eigenvalue weighted by Gasteiger charge is 2.11. The summed E-state index contributed by atoms with van der Waals surface area (Å²) in [6.45, 7) is 0. The van der Waals surface area contributed by atoms with Gasteiger partial charge in [0.2, 0.25) is 0 Å². The van der Waals surface area contributed by atoms with Crippen molar-refractivity contribution in [1.29, 1.82) is 0 Å². The first kappa shape index (κ1) is 11.6. The molecule has 1 aromatic carbocycles. The number of halogens is 1. The summed E-state index contributed by atoms with van der Waals surface area (Å²) >= 11 is 5.85. The minimum Gasteiger partial charge on any atom is -0.397 e. The van der Waals surface area contributed by atoms with Crippen LogP contribution in [0.15, 0.2) is 42.6 Å². The van der Waals surface area contributed by atoms with Gasteiger partial charge in [-0.15, -0.1) is 0 Å². The van der Waals surface area contributed by atoms with Crippen LogP contribution >= 0.6 is 11.6 Å². The molecule has 0 unspecified atom stereocenters. The molecule has 86 valence electrons. The molecule has 2 rings (SSSR count). The second-order valence-electron chi connectivity index (χ2n) is 3.67. The zero-order valence-corrected chi connectivity index (χ0v) is 9.82. The second kappa shape index (κ2) is 4.97. The van der Waals surface area contributed by atoms with Crippen molar-refractivity contribution in [3.63, 3.8) is 0 Å². The molecule has 4 heteroatoms. The maximum atomic E-state index is 12.0. The zero-order chi connectivity index (χ0) is 12.3. The van der Waals surface area contributed by atoms with Crippen molar-refractivity contribution in [2.45, 2.75) is 6.42 Å². The Bertz CT molecular complexity index is 555. The van der Waals surface area contributed by atoms with Gasteiger partial charge >= 0.3 is 0 Å². The van der Waals surface area contributed by atoms with Crippen LogP contribution in [0.3, 0.4) is 0 Å². The summed E-state index contributed by atoms with van der Waals surface area (Å²) in [4.78, 5) is 15.9. The molecule has 1 aromatic heterocycles. The van der Waals surface area contributed by atoms with E-state index in [4.69, 9.17) is 17.3 Å². The Morgan fingerprint density at radius 2 is 2.12 bits per heavy atom. The Kier molecular flexibility index (Phi) is 3.40. The summed E-state index contributed by atoms with van der Waals surface area (Å²) in [7, 11) is 0. The number of hydrogen-bond acceptors (Lipinski definition) is 3. The van der Waals surface area contributed by atoms with E-state index in [0.29, 0.717) is 16.4 Å². The lowest BCUT2D eigenvalue weighted by atomic mass is 10.1. The summed E-state index contributed by atoms with van der Waals surface area (Å²) in [5.41, 5.74) is 7.26. The topological polar surface area (TPSA) is 56.0 Å². The standard InChI is InChI=1S/C13H11ClN2O/c14-10-4-1-3-9(7-10)8-12(17)13-11(15)5-2-6-16-13/h1-7H,8,15H2. The molecule has 0 saturated heterocycles. The maximum absolute atomic E-state index is 12.0. The third kappa shape index (κ3) is 2.82. The lowest BCUT2D eigenvalue weighted by Gasteiger charge is -2.03. The highest BCUT2D eigenvalue weighted by atomic mass is 35.5. The zero-order valence-electron chi connectivity index (χ0n) is 9.06. The Morgan fingerprint density at radius 1 is 1.29 bits per heavy atom. The van der Waals surface area contributed by atoms with E-state index in [1.54, 1.807) is 30.5 Å².